The number of carbonyl (C=O) groups excluding carboxylic acids is 2. The van der Waals surface area contributed by atoms with Gasteiger partial charge in [-0.15, -0.1) is 0 Å². The third-order valence-corrected chi connectivity index (χ3v) is 2.25. The lowest BCUT2D eigenvalue weighted by Gasteiger charge is -2.16. The minimum Gasteiger partial charge on any atom is -0.436 e. The Hall–Kier alpha value is -2.18. The first-order chi connectivity index (χ1) is 8.99. The van der Waals surface area contributed by atoms with Crippen molar-refractivity contribution >= 4 is 12.0 Å². The van der Waals surface area contributed by atoms with Crippen LogP contribution in [0.15, 0.2) is 30.3 Å². The maximum absolute atomic E-state index is 12.0. The van der Waals surface area contributed by atoms with E-state index < -0.39 is 31.1 Å². The number of nitrogens with two attached hydrogens (primary N) is 1. The van der Waals surface area contributed by atoms with Gasteiger partial charge in [0, 0.05) is 6.42 Å². The summed E-state index contributed by atoms with van der Waals surface area (Å²) in [6.07, 6.45) is -4.96. The quantitative estimate of drug-likeness (QED) is 0.812. The summed E-state index contributed by atoms with van der Waals surface area (Å²) >= 11 is 0. The summed E-state index contributed by atoms with van der Waals surface area (Å²) in [7, 11) is 0. The van der Waals surface area contributed by atoms with Crippen molar-refractivity contribution in [2.24, 2.45) is 5.73 Å². The molecule has 104 valence electrons. The van der Waals surface area contributed by atoms with Gasteiger partial charge in [-0.25, -0.2) is 13.6 Å². The average molecular weight is 272 g/mol. The van der Waals surface area contributed by atoms with Gasteiger partial charge in [0.25, 0.3) is 12.3 Å². The van der Waals surface area contributed by atoms with Crippen LogP contribution in [-0.2, 0) is 16.0 Å². The van der Waals surface area contributed by atoms with E-state index in [1.165, 1.54) is 0 Å². The largest absolute Gasteiger partial charge is 0.436 e. The third-order valence-electron chi connectivity index (χ3n) is 2.25. The van der Waals surface area contributed by atoms with Crippen LogP contribution in [0.3, 0.4) is 0 Å². The molecule has 7 heteroatoms. The molecule has 0 heterocycles. The highest BCUT2D eigenvalue weighted by Crippen LogP contribution is 2.06. The van der Waals surface area contributed by atoms with Gasteiger partial charge in [-0.2, -0.15) is 0 Å². The maximum atomic E-state index is 12.0. The fourth-order valence-corrected chi connectivity index (χ4v) is 1.45. The molecule has 0 aliphatic rings. The van der Waals surface area contributed by atoms with Crippen LogP contribution in [0.4, 0.5) is 13.6 Å². The lowest BCUT2D eigenvalue weighted by molar-refractivity contribution is -0.130. The van der Waals surface area contributed by atoms with Crippen LogP contribution in [0.25, 0.3) is 0 Å². The van der Waals surface area contributed by atoms with E-state index >= 15 is 0 Å². The molecule has 0 radical (unpaired) electrons. The molecule has 0 aliphatic carbocycles. The van der Waals surface area contributed by atoms with Crippen LogP contribution in [0, 0.1) is 0 Å². The number of rotatable bonds is 6. The van der Waals surface area contributed by atoms with Crippen molar-refractivity contribution < 1.29 is 23.1 Å². The molecular weight excluding hydrogens is 258 g/mol. The van der Waals surface area contributed by atoms with Crippen molar-refractivity contribution in [2.75, 3.05) is 6.54 Å². The zero-order valence-electron chi connectivity index (χ0n) is 10.0. The standard InChI is InChI=1S/C12H14F2N2O3/c13-10(14)7-16-11(17)9(19-12(15)18)6-8-4-2-1-3-5-8/h1-5,9-10H,6-7H2,(H2,15,18)(H,16,17)/t9-/m0/s1. The van der Waals surface area contributed by atoms with Gasteiger partial charge in [-0.3, -0.25) is 4.79 Å². The van der Waals surface area contributed by atoms with Crippen LogP contribution < -0.4 is 11.1 Å². The highest BCUT2D eigenvalue weighted by Gasteiger charge is 2.23. The van der Waals surface area contributed by atoms with E-state index in [0.717, 1.165) is 5.56 Å². The van der Waals surface area contributed by atoms with E-state index in [1.54, 1.807) is 30.3 Å². The number of nitrogens with one attached hydrogen (secondary N) is 1. The van der Waals surface area contributed by atoms with E-state index in [2.05, 4.69) is 4.74 Å². The summed E-state index contributed by atoms with van der Waals surface area (Å²) in [6, 6.07) is 8.71. The molecule has 19 heavy (non-hydrogen) atoms. The van der Waals surface area contributed by atoms with Gasteiger partial charge in [0.05, 0.1) is 6.54 Å². The topological polar surface area (TPSA) is 81.4 Å². The summed E-state index contributed by atoms with van der Waals surface area (Å²) in [4.78, 5) is 22.3. The van der Waals surface area contributed by atoms with Crippen LogP contribution in [-0.4, -0.2) is 31.1 Å². The molecule has 0 spiro atoms. The van der Waals surface area contributed by atoms with Gasteiger partial charge in [0.15, 0.2) is 6.10 Å². The van der Waals surface area contributed by atoms with E-state index in [9.17, 15) is 18.4 Å². The molecule has 0 saturated heterocycles. The zero-order valence-corrected chi connectivity index (χ0v) is 10.0. The van der Waals surface area contributed by atoms with Crippen LogP contribution >= 0.6 is 0 Å². The highest BCUT2D eigenvalue weighted by atomic mass is 19.3. The summed E-state index contributed by atoms with van der Waals surface area (Å²) in [6.45, 7) is -0.799. The predicted molar refractivity (Wildman–Crippen MR) is 63.6 cm³/mol. The first-order valence-electron chi connectivity index (χ1n) is 5.55. The van der Waals surface area contributed by atoms with Crippen LogP contribution in [0.1, 0.15) is 5.56 Å². The van der Waals surface area contributed by atoms with Crippen molar-refractivity contribution in [2.45, 2.75) is 19.0 Å². The molecular formula is C12H14F2N2O3. The Bertz CT molecular complexity index is 426. The van der Waals surface area contributed by atoms with Gasteiger partial charge in [0.2, 0.25) is 0 Å². The Balaban J connectivity index is 2.66. The van der Waals surface area contributed by atoms with E-state index in [0.29, 0.717) is 0 Å². The summed E-state index contributed by atoms with van der Waals surface area (Å²) in [5, 5.41) is 1.99. The minimum atomic E-state index is -2.67. The minimum absolute atomic E-state index is 0.0683. The van der Waals surface area contributed by atoms with Crippen molar-refractivity contribution in [3.05, 3.63) is 35.9 Å². The Morgan fingerprint density at radius 2 is 1.89 bits per heavy atom. The van der Waals surface area contributed by atoms with Gasteiger partial charge in [-0.05, 0) is 5.56 Å². The molecule has 2 amide bonds. The lowest BCUT2D eigenvalue weighted by atomic mass is 10.1. The SMILES string of the molecule is NC(=O)O[C@@H](Cc1ccccc1)C(=O)NCC(F)F. The van der Waals surface area contributed by atoms with Crippen molar-refractivity contribution in [3.8, 4) is 0 Å². The smallest absolute Gasteiger partial charge is 0.405 e. The van der Waals surface area contributed by atoms with E-state index in [4.69, 9.17) is 5.73 Å². The number of hydrogen-bond donors (Lipinski definition) is 2. The molecule has 1 aromatic carbocycles. The first kappa shape index (κ1) is 14.9. The fourth-order valence-electron chi connectivity index (χ4n) is 1.45. The lowest BCUT2D eigenvalue weighted by Crippen LogP contribution is -2.42. The second-order valence-electron chi connectivity index (χ2n) is 3.75. The molecule has 1 atom stereocenters. The normalized spacial score (nSPS) is 11.9. The number of hydrogen-bond acceptors (Lipinski definition) is 3. The Kier molecular flexibility index (Phi) is 5.72. The van der Waals surface area contributed by atoms with Gasteiger partial charge >= 0.3 is 6.09 Å². The number of alkyl halides is 2. The summed E-state index contributed by atoms with van der Waals surface area (Å²) in [5.41, 5.74) is 5.57. The maximum Gasteiger partial charge on any atom is 0.405 e. The highest BCUT2D eigenvalue weighted by molar-refractivity contribution is 5.83. The summed E-state index contributed by atoms with van der Waals surface area (Å²) in [5.74, 6) is -0.803. The second-order valence-corrected chi connectivity index (χ2v) is 3.75. The zero-order chi connectivity index (χ0) is 14.3. The molecule has 0 aliphatic heterocycles. The Morgan fingerprint density at radius 3 is 2.42 bits per heavy atom. The Morgan fingerprint density at radius 1 is 1.26 bits per heavy atom. The average Bonchev–Trinajstić information content (AvgIpc) is 2.36. The number of amides is 2. The van der Waals surface area contributed by atoms with E-state index in [1.807, 2.05) is 5.32 Å². The van der Waals surface area contributed by atoms with Crippen LogP contribution in [0.5, 0.6) is 0 Å². The molecule has 0 bridgehead atoms. The van der Waals surface area contributed by atoms with Crippen molar-refractivity contribution in [1.29, 1.82) is 0 Å². The first-order valence-corrected chi connectivity index (χ1v) is 5.55. The summed E-state index contributed by atoms with van der Waals surface area (Å²) < 4.78 is 28.6. The second kappa shape index (κ2) is 7.30. The molecule has 3 N–H and O–H groups in total. The molecule has 0 unspecified atom stereocenters. The van der Waals surface area contributed by atoms with Gasteiger partial charge in [-0.1, -0.05) is 30.3 Å². The molecule has 1 rings (SSSR count). The number of ether oxygens (including phenoxy) is 1. The molecule has 0 fully saturated rings. The molecule has 5 nitrogen and oxygen atoms in total. The van der Waals surface area contributed by atoms with Gasteiger partial charge in [0.1, 0.15) is 0 Å². The van der Waals surface area contributed by atoms with Gasteiger partial charge < -0.3 is 15.8 Å². The molecule has 1 aromatic rings. The monoisotopic (exact) mass is 272 g/mol. The Labute approximate surface area is 108 Å². The number of carbonyl (C=O) groups is 2. The third kappa shape index (κ3) is 5.80. The number of primary amides is 1. The fraction of sp³-hybridized carbons (Fsp3) is 0.333. The number of benzene rings is 1. The predicted octanol–water partition coefficient (Wildman–Crippen LogP) is 1.07. The van der Waals surface area contributed by atoms with Crippen molar-refractivity contribution in [1.82, 2.24) is 5.32 Å². The van der Waals surface area contributed by atoms with Crippen molar-refractivity contribution in [3.63, 3.8) is 0 Å². The molecule has 0 saturated carbocycles. The number of halogens is 2. The molecule has 0 aromatic heterocycles. The van der Waals surface area contributed by atoms with E-state index in [-0.39, 0.29) is 6.42 Å². The van der Waals surface area contributed by atoms with Crippen LogP contribution in [0.2, 0.25) is 0 Å².